The van der Waals surface area contributed by atoms with Crippen LogP contribution in [-0.2, 0) is 21.2 Å². The van der Waals surface area contributed by atoms with Crippen LogP contribution in [0.2, 0.25) is 5.02 Å². The van der Waals surface area contributed by atoms with Gasteiger partial charge in [-0.05, 0) is 93.6 Å². The third-order valence-corrected chi connectivity index (χ3v) is 9.90. The quantitative estimate of drug-likeness (QED) is 0.520. The van der Waals surface area contributed by atoms with Crippen molar-refractivity contribution in [1.29, 1.82) is 0 Å². The van der Waals surface area contributed by atoms with E-state index in [1.165, 1.54) is 60.0 Å². The molecule has 0 spiro atoms. The van der Waals surface area contributed by atoms with Crippen LogP contribution in [0.3, 0.4) is 0 Å². The van der Waals surface area contributed by atoms with Gasteiger partial charge in [0, 0.05) is 24.2 Å². The van der Waals surface area contributed by atoms with Crippen molar-refractivity contribution in [2.45, 2.75) is 61.9 Å². The summed E-state index contributed by atoms with van der Waals surface area (Å²) in [6, 6.07) is 9.92. The van der Waals surface area contributed by atoms with Crippen molar-refractivity contribution in [3.8, 4) is 0 Å². The van der Waals surface area contributed by atoms with Crippen molar-refractivity contribution in [3.63, 3.8) is 0 Å². The van der Waals surface area contributed by atoms with Gasteiger partial charge in [0.25, 0.3) is 10.0 Å². The van der Waals surface area contributed by atoms with Gasteiger partial charge in [-0.2, -0.15) is 0 Å². The van der Waals surface area contributed by atoms with Gasteiger partial charge in [0.05, 0.1) is 16.6 Å². The standard InChI is InChI=1S/C27H33ClFN3O4S/c28-21-6-10-25(11-7-21)37(34,35)32-24(9-5-20-4-8-22(29)18-26(20)32)19-36-27(33)31-16-12-23(13-17-31)30-14-2-1-3-15-30/h4,6-8,10-11,18,23-24H,1-3,5,9,12-17,19H2. The van der Waals surface area contributed by atoms with E-state index >= 15 is 0 Å². The Bertz CT molecular complexity index is 1210. The first-order valence-electron chi connectivity index (χ1n) is 13.1. The molecule has 5 rings (SSSR count). The molecule has 0 N–H and O–H groups in total. The summed E-state index contributed by atoms with van der Waals surface area (Å²) >= 11 is 5.97. The molecule has 2 aromatic rings. The molecule has 0 radical (unpaired) electrons. The fourth-order valence-electron chi connectivity index (χ4n) is 5.74. The lowest BCUT2D eigenvalue weighted by atomic mass is 9.98. The molecule has 2 aromatic carbocycles. The molecule has 1 amide bonds. The van der Waals surface area contributed by atoms with Gasteiger partial charge in [-0.3, -0.25) is 4.31 Å². The fraction of sp³-hybridized carbons (Fsp3) is 0.519. The number of halogens is 2. The maximum Gasteiger partial charge on any atom is 0.409 e. The number of likely N-dealkylation sites (tertiary alicyclic amines) is 2. The zero-order valence-electron chi connectivity index (χ0n) is 20.8. The highest BCUT2D eigenvalue weighted by Gasteiger charge is 2.38. The van der Waals surface area contributed by atoms with Crippen LogP contribution in [0.4, 0.5) is 14.9 Å². The Morgan fingerprint density at radius 3 is 2.38 bits per heavy atom. The van der Waals surface area contributed by atoms with Crippen molar-refractivity contribution < 1.29 is 22.3 Å². The Morgan fingerprint density at radius 1 is 0.973 bits per heavy atom. The second kappa shape index (κ2) is 11.2. The number of piperidine rings is 2. The van der Waals surface area contributed by atoms with E-state index in [2.05, 4.69) is 4.90 Å². The summed E-state index contributed by atoms with van der Waals surface area (Å²) in [7, 11) is -4.05. The monoisotopic (exact) mass is 549 g/mol. The first-order valence-corrected chi connectivity index (χ1v) is 14.9. The minimum Gasteiger partial charge on any atom is -0.447 e. The van der Waals surface area contributed by atoms with E-state index < -0.39 is 28.0 Å². The summed E-state index contributed by atoms with van der Waals surface area (Å²) < 4.78 is 48.6. The lowest BCUT2D eigenvalue weighted by Gasteiger charge is -2.40. The van der Waals surface area contributed by atoms with Crippen LogP contribution in [0.1, 0.15) is 44.1 Å². The highest BCUT2D eigenvalue weighted by molar-refractivity contribution is 7.92. The maximum atomic E-state index is 14.2. The predicted molar refractivity (Wildman–Crippen MR) is 141 cm³/mol. The van der Waals surface area contributed by atoms with Crippen LogP contribution < -0.4 is 4.31 Å². The number of rotatable bonds is 5. The molecule has 0 bridgehead atoms. The molecule has 3 aliphatic rings. The summed E-state index contributed by atoms with van der Waals surface area (Å²) in [5.41, 5.74) is 1.02. The van der Waals surface area contributed by atoms with Gasteiger partial charge in [-0.25, -0.2) is 17.6 Å². The number of ether oxygens (including phenoxy) is 1. The van der Waals surface area contributed by atoms with Crippen LogP contribution in [0.15, 0.2) is 47.4 Å². The molecule has 0 aliphatic carbocycles. The van der Waals surface area contributed by atoms with Crippen molar-refractivity contribution in [1.82, 2.24) is 9.80 Å². The van der Waals surface area contributed by atoms with E-state index in [9.17, 15) is 17.6 Å². The molecular weight excluding hydrogens is 517 g/mol. The molecule has 2 fully saturated rings. The van der Waals surface area contributed by atoms with Crippen LogP contribution in [0, 0.1) is 5.82 Å². The number of hydrogen-bond acceptors (Lipinski definition) is 5. The number of carbonyl (C=O) groups is 1. The van der Waals surface area contributed by atoms with Crippen molar-refractivity contribution >= 4 is 33.4 Å². The topological polar surface area (TPSA) is 70.2 Å². The van der Waals surface area contributed by atoms with Crippen LogP contribution in [-0.4, -0.2) is 69.2 Å². The third-order valence-electron chi connectivity index (χ3n) is 7.76. The minimum absolute atomic E-state index is 0.0464. The highest BCUT2D eigenvalue weighted by Crippen LogP contribution is 2.36. The maximum absolute atomic E-state index is 14.2. The number of benzene rings is 2. The van der Waals surface area contributed by atoms with Crippen LogP contribution >= 0.6 is 11.6 Å². The molecule has 2 saturated heterocycles. The number of nitrogens with zero attached hydrogens (tertiary/aromatic N) is 3. The predicted octanol–water partition coefficient (Wildman–Crippen LogP) is 5.08. The molecule has 3 aliphatic heterocycles. The Kier molecular flexibility index (Phi) is 7.93. The summed E-state index contributed by atoms with van der Waals surface area (Å²) in [4.78, 5) is 17.2. The molecule has 1 unspecified atom stereocenters. The Morgan fingerprint density at radius 2 is 1.68 bits per heavy atom. The van der Waals surface area contributed by atoms with E-state index in [4.69, 9.17) is 16.3 Å². The molecule has 0 aromatic heterocycles. The average Bonchev–Trinajstić information content (AvgIpc) is 2.92. The van der Waals surface area contributed by atoms with Gasteiger partial charge in [0.15, 0.2) is 0 Å². The number of hydrogen-bond donors (Lipinski definition) is 0. The molecular formula is C27H33ClFN3O4S. The van der Waals surface area contributed by atoms with Crippen LogP contribution in [0.25, 0.3) is 0 Å². The zero-order chi connectivity index (χ0) is 26.0. The molecule has 200 valence electrons. The van der Waals surface area contributed by atoms with E-state index in [1.807, 2.05) is 0 Å². The van der Waals surface area contributed by atoms with Crippen molar-refractivity contribution in [3.05, 3.63) is 58.9 Å². The van der Waals surface area contributed by atoms with E-state index in [0.717, 1.165) is 31.5 Å². The summed E-state index contributed by atoms with van der Waals surface area (Å²) in [5.74, 6) is -0.524. The van der Waals surface area contributed by atoms with Gasteiger partial charge in [-0.1, -0.05) is 24.1 Å². The van der Waals surface area contributed by atoms with E-state index in [0.29, 0.717) is 37.0 Å². The van der Waals surface area contributed by atoms with Gasteiger partial charge < -0.3 is 14.5 Å². The Labute approximate surface area is 223 Å². The van der Waals surface area contributed by atoms with Crippen molar-refractivity contribution in [2.75, 3.05) is 37.1 Å². The molecule has 1 atom stereocenters. The van der Waals surface area contributed by atoms with Gasteiger partial charge in [-0.15, -0.1) is 0 Å². The molecule has 0 saturated carbocycles. The largest absolute Gasteiger partial charge is 0.447 e. The van der Waals surface area contributed by atoms with E-state index in [1.54, 1.807) is 11.0 Å². The van der Waals surface area contributed by atoms with Crippen molar-refractivity contribution in [2.24, 2.45) is 0 Å². The summed E-state index contributed by atoms with van der Waals surface area (Å²) in [6.45, 7) is 3.43. The molecule has 3 heterocycles. The number of aryl methyl sites for hydroxylation is 1. The van der Waals surface area contributed by atoms with Gasteiger partial charge in [0.1, 0.15) is 12.4 Å². The highest BCUT2D eigenvalue weighted by atomic mass is 35.5. The SMILES string of the molecule is O=C(OCC1CCc2ccc(F)cc2N1S(=O)(=O)c1ccc(Cl)cc1)N1CCC(N2CCCCC2)CC1. The van der Waals surface area contributed by atoms with Gasteiger partial charge >= 0.3 is 6.09 Å². The average molecular weight is 550 g/mol. The molecule has 10 heteroatoms. The summed E-state index contributed by atoms with van der Waals surface area (Å²) in [6.07, 6.45) is 6.21. The minimum atomic E-state index is -4.05. The molecule has 7 nitrogen and oxygen atoms in total. The third kappa shape index (κ3) is 5.73. The Balaban J connectivity index is 1.29. The normalized spacial score (nSPS) is 21.5. The number of fused-ring (bicyclic) bond motifs is 1. The lowest BCUT2D eigenvalue weighted by molar-refractivity contribution is 0.0631. The Hall–Kier alpha value is -2.36. The zero-order valence-corrected chi connectivity index (χ0v) is 22.4. The van der Waals surface area contributed by atoms with E-state index in [-0.39, 0.29) is 17.2 Å². The lowest BCUT2D eigenvalue weighted by Crippen LogP contribution is -2.50. The summed E-state index contributed by atoms with van der Waals surface area (Å²) in [5, 5.41) is 0.415. The number of anilines is 1. The molecule has 37 heavy (non-hydrogen) atoms. The number of carbonyl (C=O) groups excluding carboxylic acids is 1. The second-order valence-corrected chi connectivity index (χ2v) is 12.4. The van der Waals surface area contributed by atoms with Gasteiger partial charge in [0.2, 0.25) is 0 Å². The number of amides is 1. The first-order chi connectivity index (χ1) is 17.8. The fourth-order valence-corrected chi connectivity index (χ4v) is 7.56. The van der Waals surface area contributed by atoms with Crippen LogP contribution in [0.5, 0.6) is 0 Å². The smallest absolute Gasteiger partial charge is 0.409 e. The number of sulfonamides is 1. The first kappa shape index (κ1) is 26.3. The second-order valence-electron chi connectivity index (χ2n) is 10.1.